The normalized spacial score (nSPS) is 10.0. The number of rotatable bonds is 6. The van der Waals surface area contributed by atoms with Crippen molar-refractivity contribution in [3.8, 4) is 0 Å². The lowest BCUT2D eigenvalue weighted by Gasteiger charge is -2.08. The van der Waals surface area contributed by atoms with Gasteiger partial charge < -0.3 is 15.4 Å². The molecule has 6 heteroatoms. The molecular weight excluding hydrogens is 294 g/mol. The number of amides is 1. The molecule has 0 bridgehead atoms. The van der Waals surface area contributed by atoms with E-state index in [-0.39, 0.29) is 5.91 Å². The second-order valence-electron chi connectivity index (χ2n) is 4.92. The Hall–Kier alpha value is -2.89. The first-order valence-corrected chi connectivity index (χ1v) is 7.32. The van der Waals surface area contributed by atoms with Crippen molar-refractivity contribution in [2.75, 3.05) is 24.3 Å². The van der Waals surface area contributed by atoms with Gasteiger partial charge in [-0.25, -0.2) is 4.79 Å². The van der Waals surface area contributed by atoms with Gasteiger partial charge in [-0.1, -0.05) is 13.0 Å². The van der Waals surface area contributed by atoms with E-state index in [1.165, 1.54) is 13.3 Å². The number of methoxy groups -OCH3 is 1. The van der Waals surface area contributed by atoms with Crippen molar-refractivity contribution in [2.45, 2.75) is 13.3 Å². The van der Waals surface area contributed by atoms with Crippen LogP contribution in [0.3, 0.4) is 0 Å². The number of ether oxygens (including phenoxy) is 1. The van der Waals surface area contributed by atoms with Crippen molar-refractivity contribution >= 4 is 23.3 Å². The molecule has 120 valence electrons. The zero-order valence-electron chi connectivity index (χ0n) is 13.1. The molecule has 0 aliphatic carbocycles. The summed E-state index contributed by atoms with van der Waals surface area (Å²) in [4.78, 5) is 27.9. The molecule has 0 radical (unpaired) electrons. The minimum absolute atomic E-state index is 0.292. The van der Waals surface area contributed by atoms with Crippen LogP contribution in [0.2, 0.25) is 0 Å². The Morgan fingerprint density at radius 3 is 2.65 bits per heavy atom. The number of anilines is 2. The number of pyridine rings is 1. The van der Waals surface area contributed by atoms with Crippen molar-refractivity contribution in [3.63, 3.8) is 0 Å². The fraction of sp³-hybridized carbons (Fsp3) is 0.235. The van der Waals surface area contributed by atoms with Crippen LogP contribution in [0.15, 0.2) is 42.7 Å². The number of nitrogens with zero attached hydrogens (tertiary/aromatic N) is 1. The molecule has 0 aliphatic rings. The maximum absolute atomic E-state index is 12.3. The van der Waals surface area contributed by atoms with Gasteiger partial charge in [-0.15, -0.1) is 0 Å². The Kier molecular flexibility index (Phi) is 5.68. The Labute approximate surface area is 134 Å². The molecule has 0 saturated heterocycles. The molecule has 0 unspecified atom stereocenters. The summed E-state index contributed by atoms with van der Waals surface area (Å²) in [7, 11) is 1.31. The first kappa shape index (κ1) is 16.5. The van der Waals surface area contributed by atoms with Crippen LogP contribution in [-0.4, -0.2) is 30.5 Å². The van der Waals surface area contributed by atoms with Crippen molar-refractivity contribution in [3.05, 3.63) is 53.9 Å². The topological polar surface area (TPSA) is 80.3 Å². The lowest BCUT2D eigenvalue weighted by molar-refractivity contribution is 0.0600. The van der Waals surface area contributed by atoms with E-state index >= 15 is 0 Å². The highest BCUT2D eigenvalue weighted by atomic mass is 16.5. The first-order valence-electron chi connectivity index (χ1n) is 7.32. The minimum Gasteiger partial charge on any atom is -0.465 e. The summed E-state index contributed by atoms with van der Waals surface area (Å²) >= 11 is 0. The van der Waals surface area contributed by atoms with E-state index in [9.17, 15) is 9.59 Å². The van der Waals surface area contributed by atoms with E-state index in [0.29, 0.717) is 16.8 Å². The standard InChI is InChI=1S/C17H19N3O3/c1-3-7-19-15-9-13(10-18-11-15)16(21)20-14-6-4-5-12(8-14)17(22)23-2/h4-6,8-11,19H,3,7H2,1-2H3,(H,20,21). The van der Waals surface area contributed by atoms with Crippen LogP contribution >= 0.6 is 0 Å². The predicted molar refractivity (Wildman–Crippen MR) is 88.8 cm³/mol. The van der Waals surface area contributed by atoms with E-state index in [1.807, 2.05) is 0 Å². The van der Waals surface area contributed by atoms with Gasteiger partial charge in [0.15, 0.2) is 0 Å². The summed E-state index contributed by atoms with van der Waals surface area (Å²) < 4.78 is 4.66. The van der Waals surface area contributed by atoms with Crippen LogP contribution in [0.4, 0.5) is 11.4 Å². The molecular formula is C17H19N3O3. The highest BCUT2D eigenvalue weighted by molar-refractivity contribution is 6.05. The van der Waals surface area contributed by atoms with Gasteiger partial charge >= 0.3 is 5.97 Å². The molecule has 2 rings (SSSR count). The van der Waals surface area contributed by atoms with Gasteiger partial charge in [-0.05, 0) is 30.7 Å². The number of hydrogen-bond acceptors (Lipinski definition) is 5. The SMILES string of the molecule is CCCNc1cncc(C(=O)Nc2cccc(C(=O)OC)c2)c1. The molecule has 2 N–H and O–H groups in total. The van der Waals surface area contributed by atoms with E-state index in [2.05, 4.69) is 27.3 Å². The zero-order chi connectivity index (χ0) is 16.7. The number of carbonyl (C=O) groups is 2. The molecule has 0 fully saturated rings. The van der Waals surface area contributed by atoms with Crippen LogP contribution in [0.5, 0.6) is 0 Å². The molecule has 0 aliphatic heterocycles. The minimum atomic E-state index is -0.450. The first-order chi connectivity index (χ1) is 11.1. The van der Waals surface area contributed by atoms with E-state index in [1.54, 1.807) is 36.5 Å². The Balaban J connectivity index is 2.11. The summed E-state index contributed by atoms with van der Waals surface area (Å²) in [5.41, 5.74) is 2.13. The van der Waals surface area contributed by atoms with Crippen molar-refractivity contribution in [2.24, 2.45) is 0 Å². The monoisotopic (exact) mass is 313 g/mol. The highest BCUT2D eigenvalue weighted by Gasteiger charge is 2.10. The van der Waals surface area contributed by atoms with Crippen LogP contribution in [0, 0.1) is 0 Å². The molecule has 1 aromatic carbocycles. The molecule has 2 aromatic rings. The zero-order valence-corrected chi connectivity index (χ0v) is 13.1. The Morgan fingerprint density at radius 1 is 1.13 bits per heavy atom. The lowest BCUT2D eigenvalue weighted by atomic mass is 10.2. The molecule has 0 atom stereocenters. The number of benzene rings is 1. The summed E-state index contributed by atoms with van der Waals surface area (Å²) in [5, 5.41) is 5.93. The van der Waals surface area contributed by atoms with Crippen LogP contribution in [0.25, 0.3) is 0 Å². The van der Waals surface area contributed by atoms with E-state index in [4.69, 9.17) is 0 Å². The van der Waals surface area contributed by atoms with E-state index in [0.717, 1.165) is 18.7 Å². The van der Waals surface area contributed by atoms with Crippen molar-refractivity contribution < 1.29 is 14.3 Å². The largest absolute Gasteiger partial charge is 0.465 e. The smallest absolute Gasteiger partial charge is 0.337 e. The number of esters is 1. The molecule has 0 saturated carbocycles. The second-order valence-corrected chi connectivity index (χ2v) is 4.92. The van der Waals surface area contributed by atoms with Gasteiger partial charge in [0.2, 0.25) is 0 Å². The third-order valence-electron chi connectivity index (χ3n) is 3.12. The third-order valence-corrected chi connectivity index (χ3v) is 3.12. The summed E-state index contributed by atoms with van der Waals surface area (Å²) in [6, 6.07) is 8.31. The quantitative estimate of drug-likeness (QED) is 0.801. The number of carbonyl (C=O) groups excluding carboxylic acids is 2. The Morgan fingerprint density at radius 2 is 1.91 bits per heavy atom. The summed E-state index contributed by atoms with van der Waals surface area (Å²) in [6.45, 7) is 2.87. The van der Waals surface area contributed by atoms with Crippen LogP contribution in [0.1, 0.15) is 34.1 Å². The highest BCUT2D eigenvalue weighted by Crippen LogP contribution is 2.14. The molecule has 1 aromatic heterocycles. The number of nitrogens with one attached hydrogen (secondary N) is 2. The van der Waals surface area contributed by atoms with E-state index < -0.39 is 5.97 Å². The van der Waals surface area contributed by atoms with Gasteiger partial charge in [0.25, 0.3) is 5.91 Å². The maximum atomic E-state index is 12.3. The molecule has 1 amide bonds. The third kappa shape index (κ3) is 4.54. The molecule has 23 heavy (non-hydrogen) atoms. The van der Waals surface area contributed by atoms with Gasteiger partial charge in [0, 0.05) is 24.6 Å². The van der Waals surface area contributed by atoms with Crippen LogP contribution in [-0.2, 0) is 4.74 Å². The molecule has 1 heterocycles. The lowest BCUT2D eigenvalue weighted by Crippen LogP contribution is -2.13. The van der Waals surface area contributed by atoms with Gasteiger partial charge in [-0.3, -0.25) is 9.78 Å². The van der Waals surface area contributed by atoms with Gasteiger partial charge in [0.05, 0.1) is 23.9 Å². The maximum Gasteiger partial charge on any atom is 0.337 e. The number of aromatic nitrogens is 1. The fourth-order valence-corrected chi connectivity index (χ4v) is 1.98. The Bertz CT molecular complexity index is 701. The molecule has 0 spiro atoms. The van der Waals surface area contributed by atoms with Crippen molar-refractivity contribution in [1.29, 1.82) is 0 Å². The molecule has 6 nitrogen and oxygen atoms in total. The van der Waals surface area contributed by atoms with Crippen LogP contribution < -0.4 is 10.6 Å². The summed E-state index contributed by atoms with van der Waals surface area (Å²) in [6.07, 6.45) is 4.15. The van der Waals surface area contributed by atoms with Crippen molar-refractivity contribution in [1.82, 2.24) is 4.98 Å². The fourth-order valence-electron chi connectivity index (χ4n) is 1.98. The van der Waals surface area contributed by atoms with Gasteiger partial charge in [-0.2, -0.15) is 0 Å². The number of hydrogen-bond donors (Lipinski definition) is 2. The average molecular weight is 313 g/mol. The average Bonchev–Trinajstić information content (AvgIpc) is 2.59. The van der Waals surface area contributed by atoms with Gasteiger partial charge in [0.1, 0.15) is 0 Å². The summed E-state index contributed by atoms with van der Waals surface area (Å²) in [5.74, 6) is -0.742. The second kappa shape index (κ2) is 7.93. The predicted octanol–water partition coefficient (Wildman–Crippen LogP) is 2.94.